The number of benzene rings is 22. The van der Waals surface area contributed by atoms with Gasteiger partial charge < -0.3 is 22.8 Å². The highest BCUT2D eigenvalue weighted by Crippen LogP contribution is 2.55. The van der Waals surface area contributed by atoms with Crippen LogP contribution < -0.4 is 0 Å². The highest BCUT2D eigenvalue weighted by Gasteiger charge is 2.31. The summed E-state index contributed by atoms with van der Waals surface area (Å²) in [6, 6.07) is 189. The summed E-state index contributed by atoms with van der Waals surface area (Å²) in [6.07, 6.45) is 5.75. The second-order valence-electron chi connectivity index (χ2n) is 39.6. The van der Waals surface area contributed by atoms with Crippen molar-refractivity contribution in [1.82, 2.24) is 37.4 Å². The number of aromatic nitrogens is 8. The molecule has 0 atom stereocenters. The van der Waals surface area contributed by atoms with E-state index < -0.39 is 0 Å². The second kappa shape index (κ2) is 33.8. The quantitative estimate of drug-likeness (QED) is 0.167. The van der Waals surface area contributed by atoms with Crippen molar-refractivity contribution in [3.8, 4) is 168 Å². The van der Waals surface area contributed by atoms with Crippen LogP contribution in [-0.2, 0) is 0 Å². The normalized spacial score (nSPS) is 12.0. The monoisotopic (exact) mass is 1900 g/mol. The molecule has 0 amide bonds. The Bertz CT molecular complexity index is 9770. The third-order valence-corrected chi connectivity index (χ3v) is 31.8. The van der Waals surface area contributed by atoms with Crippen LogP contribution in [0.2, 0.25) is 0 Å². The lowest BCUT2D eigenvalue weighted by Gasteiger charge is -2.24. The standard InChI is InChI=1S/C48H30N2.2C47H29N3/c1-2-14-34-33(13-1)35-15-3-4-17-37(35)39-27-25-31(29-43(39)38-18-6-5-16-36(34)38)50-47-24-12-9-21-42(47)44-30-32(26-28-48(44)50)49-45-22-10-7-19-40(45)41-20-8-11-23-46(41)49;1-2-13-33-32(12-1)34-14-3-4-16-36(34)38-25-23-30(28-42(38)37-17-6-5-15-35(33)37)49-44-21-9-8-19-40(44)43-29-31(24-26-46(43)49)50-45-22-10-7-18-39(45)41-20-11-27-48-47(41)50;1-2-12-33-32(11-1)34-13-3-4-15-36(34)38-23-21-30(27-42(38)37-16-6-5-14-35(33)37)49-45-20-10-8-18-40(45)43-28-31(22-24-46(43)49)50-44-19-9-7-17-39(44)41-25-26-48-29-47(41)50/h1-30H;2*1-29H. The molecule has 0 unspecified atom stereocenters. The molecule has 150 heavy (non-hydrogen) atoms. The molecule has 3 aliphatic rings. The first-order chi connectivity index (χ1) is 74.5. The van der Waals surface area contributed by atoms with Gasteiger partial charge in [-0.3, -0.25) is 9.55 Å². The Balaban J connectivity index is 0.000000101. The van der Waals surface area contributed by atoms with Gasteiger partial charge in [-0.25, -0.2) is 4.98 Å². The largest absolute Gasteiger partial charge is 0.309 e. The van der Waals surface area contributed by atoms with Gasteiger partial charge >= 0.3 is 0 Å². The Kier molecular flexibility index (Phi) is 19.0. The van der Waals surface area contributed by atoms with Crippen LogP contribution in [0, 0.1) is 0 Å². The first-order valence-electron chi connectivity index (χ1n) is 51.6. The number of hydrogen-bond acceptors (Lipinski definition) is 2. The Morgan fingerprint density at radius 1 is 0.113 bits per heavy atom. The molecule has 8 heteroatoms. The summed E-state index contributed by atoms with van der Waals surface area (Å²) in [5, 5.41) is 14.7. The molecule has 0 radical (unpaired) electrons. The fourth-order valence-corrected chi connectivity index (χ4v) is 25.5. The van der Waals surface area contributed by atoms with Gasteiger partial charge in [0.05, 0.1) is 66.9 Å². The van der Waals surface area contributed by atoms with E-state index in [0.29, 0.717) is 0 Å². The summed E-state index contributed by atoms with van der Waals surface area (Å²) in [5.74, 6) is 0. The van der Waals surface area contributed by atoms with Gasteiger partial charge in [-0.15, -0.1) is 0 Å². The molecule has 0 saturated carbocycles. The molecule has 0 bridgehead atoms. The van der Waals surface area contributed by atoms with Gasteiger partial charge in [0.15, 0.2) is 0 Å². The van der Waals surface area contributed by atoms with Crippen LogP contribution >= 0.6 is 0 Å². The summed E-state index contributed by atoms with van der Waals surface area (Å²) in [6.45, 7) is 0. The molecule has 696 valence electrons. The molecule has 33 rings (SSSR count). The molecule has 22 aromatic carbocycles. The zero-order valence-corrected chi connectivity index (χ0v) is 81.4. The van der Waals surface area contributed by atoms with E-state index in [0.717, 1.165) is 50.5 Å². The Labute approximate surface area is 864 Å². The molecular weight excluding hydrogens is 1820 g/mol. The summed E-state index contributed by atoms with van der Waals surface area (Å²) in [4.78, 5) is 9.37. The van der Waals surface area contributed by atoms with Crippen molar-refractivity contribution >= 4 is 131 Å². The van der Waals surface area contributed by atoms with E-state index in [4.69, 9.17) is 4.98 Å². The predicted octanol–water partition coefficient (Wildman–Crippen LogP) is 37.4. The van der Waals surface area contributed by atoms with Gasteiger partial charge in [-0.2, -0.15) is 0 Å². The highest BCUT2D eigenvalue weighted by atomic mass is 15.1. The van der Waals surface area contributed by atoms with Gasteiger partial charge in [-0.05, 0) is 285 Å². The van der Waals surface area contributed by atoms with E-state index in [-0.39, 0.29) is 0 Å². The van der Waals surface area contributed by atoms with E-state index in [2.05, 4.69) is 542 Å². The molecule has 0 aliphatic heterocycles. The Hall–Kier alpha value is -20.1. The summed E-state index contributed by atoms with van der Waals surface area (Å²) in [7, 11) is 0. The molecule has 8 nitrogen and oxygen atoms in total. The van der Waals surface area contributed by atoms with E-state index in [9.17, 15) is 0 Å². The topological polar surface area (TPSA) is 55.4 Å². The van der Waals surface area contributed by atoms with E-state index in [1.54, 1.807) is 0 Å². The van der Waals surface area contributed by atoms with Crippen molar-refractivity contribution in [3.05, 3.63) is 534 Å². The first kappa shape index (κ1) is 84.5. The van der Waals surface area contributed by atoms with Crippen molar-refractivity contribution < 1.29 is 0 Å². The zero-order valence-electron chi connectivity index (χ0n) is 81.4. The Morgan fingerprint density at radius 2 is 0.293 bits per heavy atom. The van der Waals surface area contributed by atoms with Crippen LogP contribution in [0.15, 0.2) is 534 Å². The average Bonchev–Trinajstić information content (AvgIpc) is 1.51. The second-order valence-corrected chi connectivity index (χ2v) is 39.6. The van der Waals surface area contributed by atoms with E-state index >= 15 is 0 Å². The maximum Gasteiger partial charge on any atom is 0.145 e. The van der Waals surface area contributed by atoms with Crippen LogP contribution in [-0.4, -0.2) is 37.4 Å². The maximum absolute atomic E-state index is 4.85. The number of para-hydroxylation sites is 7. The smallest absolute Gasteiger partial charge is 0.145 e. The van der Waals surface area contributed by atoms with Crippen LogP contribution in [0.25, 0.3) is 299 Å². The predicted molar refractivity (Wildman–Crippen MR) is 627 cm³/mol. The van der Waals surface area contributed by atoms with Crippen LogP contribution in [0.1, 0.15) is 0 Å². The van der Waals surface area contributed by atoms with Gasteiger partial charge in [0, 0.05) is 111 Å². The minimum absolute atomic E-state index is 0.971. The number of fused-ring (bicyclic) bond motifs is 42. The Morgan fingerprint density at radius 3 is 0.567 bits per heavy atom. The van der Waals surface area contributed by atoms with Gasteiger partial charge in [0.2, 0.25) is 0 Å². The SMILES string of the molecule is c1ccc2c(c1)-c1ccccc1-c1ccc(-n3c4ccccc4c4cc(-n5c6ccccc6c6ccccc65)ccc43)cc1-c1ccccc1-2.c1ccc2c(c1)-c1ccccc1-c1ccc(-n3c4ccccc4c4cc(-n5c6ccccc6c6cccnc65)ccc43)cc1-c1ccccc1-2.c1ccc2c(c1)-c1ccccc1-c1ccc(-n3c4ccccc4c4cc(-n5c6ccccc6c6ccncc65)ccc43)cc1-c1ccccc1-2. The van der Waals surface area contributed by atoms with Crippen molar-refractivity contribution in [1.29, 1.82) is 0 Å². The third-order valence-electron chi connectivity index (χ3n) is 31.8. The molecule has 8 aromatic heterocycles. The van der Waals surface area contributed by atoms with Gasteiger partial charge in [0.1, 0.15) is 5.65 Å². The molecule has 0 fully saturated rings. The van der Waals surface area contributed by atoms with Crippen molar-refractivity contribution in [2.75, 3.05) is 0 Å². The zero-order chi connectivity index (χ0) is 98.3. The fraction of sp³-hybridized carbons (Fsp3) is 0. The molecule has 0 saturated heterocycles. The van der Waals surface area contributed by atoms with Gasteiger partial charge in [0.25, 0.3) is 0 Å². The van der Waals surface area contributed by atoms with Gasteiger partial charge in [-0.1, -0.05) is 364 Å². The lowest BCUT2D eigenvalue weighted by Crippen LogP contribution is -2.00. The molecule has 30 aromatic rings. The molecule has 0 spiro atoms. The number of nitrogens with zero attached hydrogens (tertiary/aromatic N) is 8. The lowest BCUT2D eigenvalue weighted by atomic mass is 9.81. The minimum Gasteiger partial charge on any atom is -0.309 e. The molecular formula is C142H88N8. The summed E-state index contributed by atoms with van der Waals surface area (Å²) in [5.41, 5.74) is 50.9. The number of hydrogen-bond donors (Lipinski definition) is 0. The van der Waals surface area contributed by atoms with Crippen LogP contribution in [0.4, 0.5) is 0 Å². The number of rotatable bonds is 6. The first-order valence-corrected chi connectivity index (χ1v) is 51.6. The van der Waals surface area contributed by atoms with Crippen molar-refractivity contribution in [3.63, 3.8) is 0 Å². The molecule has 3 aliphatic carbocycles. The summed E-state index contributed by atoms with van der Waals surface area (Å²) < 4.78 is 14.4. The summed E-state index contributed by atoms with van der Waals surface area (Å²) >= 11 is 0. The minimum atomic E-state index is 0.971. The van der Waals surface area contributed by atoms with E-state index in [1.165, 1.54) is 248 Å². The van der Waals surface area contributed by atoms with Crippen molar-refractivity contribution in [2.24, 2.45) is 0 Å². The van der Waals surface area contributed by atoms with Crippen molar-refractivity contribution in [2.45, 2.75) is 0 Å². The average molecular weight is 1910 g/mol. The number of pyridine rings is 2. The molecule has 0 N–H and O–H groups in total. The maximum atomic E-state index is 4.85. The highest BCUT2D eigenvalue weighted by molar-refractivity contribution is 6.18. The molecule has 8 heterocycles. The van der Waals surface area contributed by atoms with E-state index in [1.807, 2.05) is 24.7 Å². The third kappa shape index (κ3) is 12.9. The van der Waals surface area contributed by atoms with Crippen LogP contribution in [0.5, 0.6) is 0 Å². The lowest BCUT2D eigenvalue weighted by molar-refractivity contribution is 1.13. The van der Waals surface area contributed by atoms with Crippen LogP contribution in [0.3, 0.4) is 0 Å². The fourth-order valence-electron chi connectivity index (χ4n) is 25.5.